The molecule has 4 N–H and O–H groups in total. The molecule has 8 aromatic carbocycles. The van der Waals surface area contributed by atoms with Gasteiger partial charge in [0.15, 0.2) is 11.6 Å². The molecule has 17 rings (SSSR count). The Kier molecular flexibility index (Phi) is 42.2. The van der Waals surface area contributed by atoms with E-state index in [1.807, 2.05) is 121 Å². The zero-order valence-corrected chi connectivity index (χ0v) is 90.8. The number of esters is 2. The molecular formula is C116H142BBrN20O12. The van der Waals surface area contributed by atoms with Crippen LogP contribution in [0.4, 0.5) is 69.3 Å². The van der Waals surface area contributed by atoms with E-state index in [0.29, 0.717) is 81.9 Å². The number of hydrogen-bond donors (Lipinski definition) is 4. The molecule has 0 atom stereocenters. The van der Waals surface area contributed by atoms with E-state index in [1.54, 1.807) is 108 Å². The van der Waals surface area contributed by atoms with Crippen LogP contribution in [0.5, 0.6) is 23.0 Å². The fraction of sp³-hybridized carbons (Fsp3) is 0.362. The van der Waals surface area contributed by atoms with Gasteiger partial charge in [-0.2, -0.15) is 0 Å². The van der Waals surface area contributed by atoms with Gasteiger partial charge >= 0.3 is 19.1 Å². The van der Waals surface area contributed by atoms with Crippen LogP contribution in [-0.4, -0.2) is 275 Å². The molecule has 5 aliphatic heterocycles. The number of rotatable bonds is 35. The highest BCUT2D eigenvalue weighted by Crippen LogP contribution is 2.38. The van der Waals surface area contributed by atoms with Gasteiger partial charge < -0.3 is 98.2 Å². The van der Waals surface area contributed by atoms with Crippen molar-refractivity contribution < 1.29 is 56.9 Å². The molecule has 9 heterocycles. The maximum Gasteiger partial charge on any atom is 0.487 e. The van der Waals surface area contributed by atoms with Gasteiger partial charge in [0.1, 0.15) is 23.0 Å². The van der Waals surface area contributed by atoms with Gasteiger partial charge in [0.05, 0.1) is 65.0 Å². The fourth-order valence-corrected chi connectivity index (χ4v) is 17.6. The van der Waals surface area contributed by atoms with Crippen LogP contribution in [-0.2, 0) is 31.6 Å². The van der Waals surface area contributed by atoms with Crippen molar-refractivity contribution in [2.45, 2.75) is 106 Å². The van der Waals surface area contributed by atoms with E-state index >= 15 is 0 Å². The highest BCUT2D eigenvalue weighted by molar-refractivity contribution is 9.10. The zero-order valence-electron chi connectivity index (χ0n) is 89.2. The Hall–Kier alpha value is -14.5. The molecule has 788 valence electrons. The monoisotopic (exact) mass is 2100 g/mol. The topological polar surface area (TPSA) is 319 Å². The van der Waals surface area contributed by atoms with Gasteiger partial charge in [-0.3, -0.25) is 9.59 Å². The molecule has 12 aromatic rings. The van der Waals surface area contributed by atoms with Crippen LogP contribution in [0.15, 0.2) is 230 Å². The minimum Gasteiger partial charge on any atom is -0.497 e. The Morgan fingerprint density at radius 3 is 0.913 bits per heavy atom. The third kappa shape index (κ3) is 33.5. The normalized spacial score (nSPS) is 15.2. The first-order valence-corrected chi connectivity index (χ1v) is 52.1. The summed E-state index contributed by atoms with van der Waals surface area (Å²) in [6, 6.07) is 55.3. The first kappa shape index (κ1) is 113. The highest BCUT2D eigenvalue weighted by Gasteiger charge is 2.50. The summed E-state index contributed by atoms with van der Waals surface area (Å²) in [4.78, 5) is 102. The van der Waals surface area contributed by atoms with Gasteiger partial charge in [-0.25, -0.2) is 49.5 Å². The van der Waals surface area contributed by atoms with E-state index in [4.69, 9.17) is 33.0 Å². The van der Waals surface area contributed by atoms with Gasteiger partial charge in [-0.15, -0.1) is 0 Å². The second kappa shape index (κ2) is 56.2. The summed E-state index contributed by atoms with van der Waals surface area (Å²) in [5, 5.41) is 13.1. The zero-order chi connectivity index (χ0) is 106. The van der Waals surface area contributed by atoms with Gasteiger partial charge in [0.25, 0.3) is 0 Å². The molecule has 0 amide bonds. The van der Waals surface area contributed by atoms with E-state index in [2.05, 4.69) is 246 Å². The van der Waals surface area contributed by atoms with Crippen LogP contribution in [0.3, 0.4) is 0 Å². The third-order valence-corrected chi connectivity index (χ3v) is 27.5. The maximum atomic E-state index is 12.1. The number of ether oxygens (including phenoxy) is 6. The number of methoxy groups -OCH3 is 6. The molecule has 0 aliphatic carbocycles. The molecule has 0 bridgehead atoms. The standard InChI is InChI=1S/C28H35N5O2.C28H33N5O2.C27H31N5O3.C24H34BN5O2.C9H9BrO3/c2*1-4-27(34)23-16-21(17-26(18-23)35-3)6-7-22-19-29-28(30-20-22)31-24-8-10-25(11-9-24)33-14-12-32(5-2)13-15-33;1-4-31-11-13-32(14-12-31)24-9-7-23(8-10-24)30-27-28-18-21(19-29-27)6-5-20-15-22(26(33)35-3)17-25(16-20)34-2;1-6-29-13-15-30(16-14-29)21-9-7-20(8-10-21)28-22-26-17-19(18-27-22)11-12-25-31-23(2,3)24(4,5)32-25;1-12-8-4-6(9(11)13-2)3-7(10)5-8/h8-11,16-20H,4-7,12-15H2,1-3H3,(H,29,30,31);6-11,16-20H,4-5,12-15H2,1-3H3,(H,29,30,31);5-10,15-19H,4,11-14H2,1-3H3,(H,28,29,30);7-12,17-18H,6,13-16H2,1-5H3,(H,26,27,28);3-5H,1-2H3/b;7-6+;6-5+;12-11+;. The molecule has 0 saturated carbocycles. The quantitative estimate of drug-likeness (QED) is 0.0163. The average Bonchev–Trinajstić information content (AvgIpc) is 1.63. The first-order valence-electron chi connectivity index (χ1n) is 51.3. The molecule has 32 nitrogen and oxygen atoms in total. The Morgan fingerprint density at radius 2 is 0.600 bits per heavy atom. The molecule has 5 fully saturated rings. The number of benzene rings is 8. The molecule has 5 saturated heterocycles. The summed E-state index contributed by atoms with van der Waals surface area (Å²) >= 11 is 3.26. The van der Waals surface area contributed by atoms with Crippen molar-refractivity contribution in [3.8, 4) is 23.0 Å². The van der Waals surface area contributed by atoms with Gasteiger partial charge in [-0.1, -0.05) is 93.8 Å². The van der Waals surface area contributed by atoms with Crippen LogP contribution in [0.25, 0.3) is 30.4 Å². The predicted molar refractivity (Wildman–Crippen MR) is 606 cm³/mol. The van der Waals surface area contributed by atoms with Crippen molar-refractivity contribution >= 4 is 146 Å². The summed E-state index contributed by atoms with van der Waals surface area (Å²) < 4.78 is 43.1. The van der Waals surface area contributed by atoms with Crippen LogP contribution < -0.4 is 59.8 Å². The number of carbonyl (C=O) groups is 4. The molecule has 4 aromatic heterocycles. The van der Waals surface area contributed by atoms with Crippen LogP contribution >= 0.6 is 15.9 Å². The molecule has 0 spiro atoms. The molecule has 150 heavy (non-hydrogen) atoms. The molecule has 5 aliphatic rings. The number of Topliss-reactive ketones (excluding diaryl/α,β-unsaturated/α-hetero) is 2. The van der Waals surface area contributed by atoms with Crippen LogP contribution in [0.1, 0.15) is 162 Å². The number of carbonyl (C=O) groups excluding carboxylic acids is 4. The highest BCUT2D eigenvalue weighted by atomic mass is 79.9. The first-order chi connectivity index (χ1) is 72.6. The van der Waals surface area contributed by atoms with E-state index in [1.165, 1.54) is 37.0 Å². The Bertz CT molecular complexity index is 6200. The van der Waals surface area contributed by atoms with Crippen molar-refractivity contribution in [1.82, 2.24) is 59.5 Å². The second-order valence-corrected chi connectivity index (χ2v) is 38.3. The van der Waals surface area contributed by atoms with Crippen molar-refractivity contribution in [2.75, 3.05) is 214 Å². The van der Waals surface area contributed by atoms with Crippen LogP contribution in [0.2, 0.25) is 0 Å². The minimum absolute atomic E-state index is 0.0874. The van der Waals surface area contributed by atoms with Crippen molar-refractivity contribution in [2.24, 2.45) is 0 Å². The lowest BCUT2D eigenvalue weighted by atomic mass is 9.89. The summed E-state index contributed by atoms with van der Waals surface area (Å²) in [6.45, 7) is 42.7. The average molecular weight is 2100 g/mol. The fourth-order valence-electron chi connectivity index (χ4n) is 17.2. The summed E-state index contributed by atoms with van der Waals surface area (Å²) in [7, 11) is 8.65. The van der Waals surface area contributed by atoms with E-state index in [-0.39, 0.29) is 35.9 Å². The Balaban J connectivity index is 0.000000160. The van der Waals surface area contributed by atoms with Crippen molar-refractivity contribution in [3.63, 3.8) is 0 Å². The number of ketones is 2. The maximum absolute atomic E-state index is 12.1. The van der Waals surface area contributed by atoms with E-state index < -0.39 is 5.97 Å². The summed E-state index contributed by atoms with van der Waals surface area (Å²) in [5.41, 5.74) is 16.8. The SMILES string of the molecule is CCC(=O)c1cc(/C=C/c2cnc(Nc3ccc(N4CCN(CC)CC4)cc3)nc2)cc(OC)c1.CCC(=O)c1cc(CCc2cnc(Nc3ccc(N4CCN(CC)CC4)cc3)nc2)cc(OC)c1.CCN1CCN(c2ccc(Nc3ncc(/C=C/B4OC(C)(C)C(C)(C)O4)cn3)cc2)CC1.CCN1CCN(c2ccc(Nc3ncc(/C=C/c4cc(OC)cc(C(=O)OC)c4)cn3)cc2)CC1.COC(=O)c1cc(Br)cc(OC)c1. The smallest absolute Gasteiger partial charge is 0.487 e. The van der Waals surface area contributed by atoms with E-state index in [9.17, 15) is 19.2 Å². The van der Waals surface area contributed by atoms with Crippen molar-refractivity contribution in [3.05, 3.63) is 291 Å². The van der Waals surface area contributed by atoms with Gasteiger partial charge in [0.2, 0.25) is 23.8 Å². The lowest BCUT2D eigenvalue weighted by molar-refractivity contribution is 0.00578. The van der Waals surface area contributed by atoms with Gasteiger partial charge in [0, 0.05) is 245 Å². The number of aryl methyl sites for hydroxylation is 2. The Morgan fingerprint density at radius 1 is 0.327 bits per heavy atom. The van der Waals surface area contributed by atoms with Gasteiger partial charge in [-0.05, 0) is 259 Å². The lowest BCUT2D eigenvalue weighted by Gasteiger charge is -2.35. The largest absolute Gasteiger partial charge is 0.497 e. The summed E-state index contributed by atoms with van der Waals surface area (Å²) in [6.07, 6.45) is 26.4. The molecule has 0 radical (unpaired) electrons. The summed E-state index contributed by atoms with van der Waals surface area (Å²) in [5.74, 6) is 6.12. The second-order valence-electron chi connectivity index (χ2n) is 37.4. The number of halogens is 1. The number of anilines is 12. The van der Waals surface area contributed by atoms with E-state index in [0.717, 1.165) is 210 Å². The third-order valence-electron chi connectivity index (χ3n) is 27.1. The minimum atomic E-state index is -0.413. The van der Waals surface area contributed by atoms with Crippen molar-refractivity contribution in [1.29, 1.82) is 0 Å². The number of hydrogen-bond acceptors (Lipinski definition) is 32. The molecular weight excluding hydrogens is 1960 g/mol. The molecule has 0 unspecified atom stereocenters. The number of piperazine rings is 4. The Labute approximate surface area is 891 Å². The number of nitrogens with zero attached hydrogens (tertiary/aromatic N) is 16. The predicted octanol–water partition coefficient (Wildman–Crippen LogP) is 20.5. The van der Waals surface area contributed by atoms with Crippen LogP contribution in [0, 0.1) is 0 Å². The number of nitrogens with one attached hydrogen (secondary N) is 4. The number of likely N-dealkylation sites (N-methyl/N-ethyl adjacent to an activating group) is 4. The number of aromatic nitrogens is 8. The molecule has 34 heteroatoms. The lowest BCUT2D eigenvalue weighted by Crippen LogP contribution is -2.46.